The number of phenolic OH excluding ortho intramolecular Hbond substituents is 1. The molecule has 2 aromatic carbocycles. The van der Waals surface area contributed by atoms with Crippen molar-refractivity contribution in [3.63, 3.8) is 0 Å². The summed E-state index contributed by atoms with van der Waals surface area (Å²) in [6.07, 6.45) is 3.19. The molecule has 164 valence electrons. The number of aromatic nitrogens is 2. The van der Waals surface area contributed by atoms with E-state index in [1.807, 2.05) is 30.1 Å². The Bertz CT molecular complexity index is 1090. The van der Waals surface area contributed by atoms with Gasteiger partial charge in [-0.3, -0.25) is 4.79 Å². The molecule has 9 heteroatoms. The highest BCUT2D eigenvalue weighted by atomic mass is 16.3. The van der Waals surface area contributed by atoms with Gasteiger partial charge in [-0.25, -0.2) is 9.97 Å². The van der Waals surface area contributed by atoms with Crippen molar-refractivity contribution in [3.05, 3.63) is 83.9 Å². The van der Waals surface area contributed by atoms with E-state index in [0.717, 1.165) is 16.9 Å². The van der Waals surface area contributed by atoms with Gasteiger partial charge in [-0.1, -0.05) is 18.2 Å². The molecule has 0 saturated heterocycles. The van der Waals surface area contributed by atoms with Crippen LogP contribution >= 0.6 is 0 Å². The van der Waals surface area contributed by atoms with Gasteiger partial charge in [-0.2, -0.15) is 5.10 Å². The lowest BCUT2D eigenvalue weighted by atomic mass is 10.1. The number of hydrogen-bond donors (Lipinski definition) is 3. The Labute approximate surface area is 186 Å². The predicted molar refractivity (Wildman–Crippen MR) is 125 cm³/mol. The predicted octanol–water partition coefficient (Wildman–Crippen LogP) is 2.67. The quantitative estimate of drug-likeness (QED) is 0.273. The topological polar surface area (TPSA) is 115 Å². The molecular formula is C23H25N7O2. The van der Waals surface area contributed by atoms with Crippen LogP contribution in [-0.4, -0.2) is 52.0 Å². The molecule has 3 N–H and O–H groups in total. The van der Waals surface area contributed by atoms with Gasteiger partial charge in [-0.05, 0) is 42.0 Å². The van der Waals surface area contributed by atoms with Crippen LogP contribution in [0.5, 0.6) is 5.75 Å². The van der Waals surface area contributed by atoms with Gasteiger partial charge in [0.1, 0.15) is 17.9 Å². The first-order valence-corrected chi connectivity index (χ1v) is 9.94. The van der Waals surface area contributed by atoms with Gasteiger partial charge in [0.05, 0.1) is 18.8 Å². The number of hydrogen-bond acceptors (Lipinski definition) is 7. The fourth-order valence-corrected chi connectivity index (χ4v) is 2.98. The highest BCUT2D eigenvalue weighted by Gasteiger charge is 2.10. The number of likely N-dealkylation sites (N-methyl/N-ethyl adjacent to an activating group) is 1. The normalized spacial score (nSPS) is 11.0. The molecule has 1 heterocycles. The summed E-state index contributed by atoms with van der Waals surface area (Å²) in [5.41, 5.74) is 2.95. The molecule has 0 radical (unpaired) electrons. The summed E-state index contributed by atoms with van der Waals surface area (Å²) in [5.74, 6) is 0.621. The molecule has 0 aliphatic rings. The summed E-state index contributed by atoms with van der Waals surface area (Å²) in [6, 6.07) is 15.8. The summed E-state index contributed by atoms with van der Waals surface area (Å²) >= 11 is 0. The second-order valence-corrected chi connectivity index (χ2v) is 7.00. The number of amidine groups is 1. The number of phenols is 1. The third-order valence-electron chi connectivity index (χ3n) is 4.61. The van der Waals surface area contributed by atoms with Crippen LogP contribution < -0.4 is 10.6 Å². The van der Waals surface area contributed by atoms with Crippen molar-refractivity contribution in [2.45, 2.75) is 13.1 Å². The molecule has 32 heavy (non-hydrogen) atoms. The zero-order valence-corrected chi connectivity index (χ0v) is 17.8. The first-order valence-electron chi connectivity index (χ1n) is 9.94. The Morgan fingerprint density at radius 1 is 1.19 bits per heavy atom. The summed E-state index contributed by atoms with van der Waals surface area (Å²) in [5, 5.41) is 23.4. The largest absolute Gasteiger partial charge is 0.508 e. The van der Waals surface area contributed by atoms with Crippen LogP contribution in [0.1, 0.15) is 21.6 Å². The molecule has 0 spiro atoms. The molecule has 0 bridgehead atoms. The zero-order valence-electron chi connectivity index (χ0n) is 17.8. The van der Waals surface area contributed by atoms with Crippen molar-refractivity contribution >= 4 is 24.1 Å². The van der Waals surface area contributed by atoms with Crippen LogP contribution in [0.15, 0.2) is 77.3 Å². The Hall–Kier alpha value is -4.27. The first-order chi connectivity index (χ1) is 15.5. The number of carbonyl (C=O) groups is 1. The maximum absolute atomic E-state index is 12.5. The molecule has 0 saturated carbocycles. The van der Waals surface area contributed by atoms with Crippen LogP contribution in [0.4, 0.5) is 5.69 Å². The molecule has 1 amide bonds. The highest BCUT2D eigenvalue weighted by molar-refractivity contribution is 5.95. The SMILES string of the molecule is C=N/N=C(/CNc1cccc(C(=O)NCc2cccc(O)c2)c1)N(C)Cc1ccncn1. The molecular weight excluding hydrogens is 406 g/mol. The van der Waals surface area contributed by atoms with Crippen LogP contribution in [0, 0.1) is 0 Å². The average Bonchev–Trinajstić information content (AvgIpc) is 2.81. The molecule has 0 fully saturated rings. The molecule has 1 aromatic heterocycles. The number of anilines is 1. The fourth-order valence-electron chi connectivity index (χ4n) is 2.98. The minimum Gasteiger partial charge on any atom is -0.508 e. The lowest BCUT2D eigenvalue weighted by Crippen LogP contribution is -2.32. The van der Waals surface area contributed by atoms with E-state index in [2.05, 4.69) is 37.5 Å². The van der Waals surface area contributed by atoms with Crippen molar-refractivity contribution in [2.75, 3.05) is 18.9 Å². The van der Waals surface area contributed by atoms with Crippen LogP contribution in [0.3, 0.4) is 0 Å². The molecule has 9 nitrogen and oxygen atoms in total. The molecule has 0 unspecified atom stereocenters. The van der Waals surface area contributed by atoms with E-state index in [1.165, 1.54) is 6.33 Å². The third kappa shape index (κ3) is 6.63. The Kier molecular flexibility index (Phi) is 7.85. The third-order valence-corrected chi connectivity index (χ3v) is 4.61. The highest BCUT2D eigenvalue weighted by Crippen LogP contribution is 2.13. The van der Waals surface area contributed by atoms with E-state index in [0.29, 0.717) is 31.0 Å². The van der Waals surface area contributed by atoms with Gasteiger partial charge in [0.25, 0.3) is 5.91 Å². The van der Waals surface area contributed by atoms with Gasteiger partial charge in [0.2, 0.25) is 0 Å². The number of nitrogens with zero attached hydrogens (tertiary/aromatic N) is 5. The molecule has 3 aromatic rings. The number of aromatic hydroxyl groups is 1. The standard InChI is InChI=1S/C23H25N7O2/c1-24-29-22(30(2)15-20-9-10-25-16-28-20)14-26-19-7-4-6-18(12-19)23(32)27-13-17-5-3-8-21(31)11-17/h3-12,16,26,31H,1,13-15H2,2H3,(H,27,32)/b29-22-. The summed E-state index contributed by atoms with van der Waals surface area (Å²) in [6.45, 7) is 4.69. The van der Waals surface area contributed by atoms with Crippen molar-refractivity contribution in [1.82, 2.24) is 20.2 Å². The second-order valence-electron chi connectivity index (χ2n) is 7.00. The van der Waals surface area contributed by atoms with Gasteiger partial charge in [0, 0.05) is 37.8 Å². The smallest absolute Gasteiger partial charge is 0.251 e. The number of rotatable bonds is 9. The van der Waals surface area contributed by atoms with Crippen molar-refractivity contribution < 1.29 is 9.90 Å². The summed E-state index contributed by atoms with van der Waals surface area (Å²) in [4.78, 5) is 22.6. The maximum atomic E-state index is 12.5. The van der Waals surface area contributed by atoms with Crippen molar-refractivity contribution in [3.8, 4) is 5.75 Å². The van der Waals surface area contributed by atoms with Gasteiger partial charge >= 0.3 is 0 Å². The zero-order chi connectivity index (χ0) is 22.8. The van der Waals surface area contributed by atoms with Gasteiger partial charge in [0.15, 0.2) is 0 Å². The second kappa shape index (κ2) is 11.2. The molecule has 0 aliphatic carbocycles. The van der Waals surface area contributed by atoms with Crippen molar-refractivity contribution in [1.29, 1.82) is 0 Å². The Morgan fingerprint density at radius 3 is 2.78 bits per heavy atom. The van der Waals surface area contributed by atoms with E-state index in [4.69, 9.17) is 0 Å². The number of benzene rings is 2. The number of carbonyl (C=O) groups excluding carboxylic acids is 1. The van der Waals surface area contributed by atoms with E-state index < -0.39 is 0 Å². The van der Waals surface area contributed by atoms with Crippen LogP contribution in [0.2, 0.25) is 0 Å². The van der Waals surface area contributed by atoms with Crippen LogP contribution in [0.25, 0.3) is 0 Å². The molecule has 0 aliphatic heterocycles. The van der Waals surface area contributed by atoms with E-state index in [-0.39, 0.29) is 11.7 Å². The Morgan fingerprint density at radius 2 is 2.03 bits per heavy atom. The summed E-state index contributed by atoms with van der Waals surface area (Å²) in [7, 11) is 1.89. The Balaban J connectivity index is 1.59. The minimum absolute atomic E-state index is 0.166. The minimum atomic E-state index is -0.209. The van der Waals surface area contributed by atoms with Crippen LogP contribution in [-0.2, 0) is 13.1 Å². The first kappa shape index (κ1) is 22.4. The lowest BCUT2D eigenvalue weighted by Gasteiger charge is -2.20. The maximum Gasteiger partial charge on any atom is 0.251 e. The average molecular weight is 432 g/mol. The number of amides is 1. The lowest BCUT2D eigenvalue weighted by molar-refractivity contribution is 0.0951. The fraction of sp³-hybridized carbons (Fsp3) is 0.174. The monoisotopic (exact) mass is 431 g/mol. The van der Waals surface area contributed by atoms with E-state index in [9.17, 15) is 9.90 Å². The van der Waals surface area contributed by atoms with E-state index in [1.54, 1.807) is 42.6 Å². The van der Waals surface area contributed by atoms with Gasteiger partial charge < -0.3 is 20.6 Å². The summed E-state index contributed by atoms with van der Waals surface area (Å²) < 4.78 is 0. The molecule has 0 atom stereocenters. The van der Waals surface area contributed by atoms with Crippen molar-refractivity contribution in [2.24, 2.45) is 10.2 Å². The molecule has 3 rings (SSSR count). The number of nitrogens with one attached hydrogen (secondary N) is 2. The van der Waals surface area contributed by atoms with Gasteiger partial charge in [-0.15, -0.1) is 5.10 Å². The van der Waals surface area contributed by atoms with E-state index >= 15 is 0 Å².